The number of nitrogens with one attached hydrogen (secondary N) is 1. The lowest BCUT2D eigenvalue weighted by Gasteiger charge is -2.26. The number of amides is 1. The number of carbonyl (C=O) groups is 1. The predicted octanol–water partition coefficient (Wildman–Crippen LogP) is 2.04. The number of rotatable bonds is 4. The summed E-state index contributed by atoms with van der Waals surface area (Å²) in [6.07, 6.45) is 3.36. The lowest BCUT2D eigenvalue weighted by Crippen LogP contribution is -2.40. The molecule has 82 valence electrons. The summed E-state index contributed by atoms with van der Waals surface area (Å²) in [5.74, 6) is -1.15. The molecule has 1 aliphatic rings. The molecule has 0 aromatic carbocycles. The van der Waals surface area contributed by atoms with Crippen LogP contribution in [0.15, 0.2) is 0 Å². The molecular formula is C9H15F2NOS. The fourth-order valence-electron chi connectivity index (χ4n) is 1.80. The second kappa shape index (κ2) is 4.96. The molecule has 0 aromatic heterocycles. The van der Waals surface area contributed by atoms with Crippen LogP contribution in [0.5, 0.6) is 0 Å². The Balaban J connectivity index is 2.38. The van der Waals surface area contributed by atoms with Gasteiger partial charge in [-0.2, -0.15) is 20.5 Å². The zero-order valence-corrected chi connectivity index (χ0v) is 9.00. The topological polar surface area (TPSA) is 29.1 Å². The van der Waals surface area contributed by atoms with Gasteiger partial charge in [0, 0.05) is 11.3 Å². The second-order valence-electron chi connectivity index (χ2n) is 3.61. The molecule has 0 radical (unpaired) electrons. The molecule has 0 atom stereocenters. The molecule has 1 fully saturated rings. The number of hydrogen-bond acceptors (Lipinski definition) is 2. The van der Waals surface area contributed by atoms with E-state index in [1.807, 2.05) is 6.26 Å². The molecular weight excluding hydrogens is 208 g/mol. The van der Waals surface area contributed by atoms with Crippen molar-refractivity contribution in [3.05, 3.63) is 0 Å². The van der Waals surface area contributed by atoms with Crippen LogP contribution in [0.25, 0.3) is 0 Å². The van der Waals surface area contributed by atoms with E-state index in [1.54, 1.807) is 11.8 Å². The van der Waals surface area contributed by atoms with Gasteiger partial charge >= 0.3 is 6.43 Å². The van der Waals surface area contributed by atoms with E-state index in [0.717, 1.165) is 25.7 Å². The Hall–Kier alpha value is -0.320. The molecule has 0 saturated heterocycles. The second-order valence-corrected chi connectivity index (χ2v) is 4.89. The average Bonchev–Trinajstić information content (AvgIpc) is 2.63. The Labute approximate surface area is 86.8 Å². The first-order valence-electron chi connectivity index (χ1n) is 4.71. The SMILES string of the molecule is CSC1(CNC(=O)C(F)F)CCCC1. The lowest BCUT2D eigenvalue weighted by atomic mass is 10.1. The zero-order valence-electron chi connectivity index (χ0n) is 8.19. The average molecular weight is 223 g/mol. The van der Waals surface area contributed by atoms with Gasteiger partial charge < -0.3 is 5.32 Å². The molecule has 1 saturated carbocycles. The first-order chi connectivity index (χ1) is 6.59. The highest BCUT2D eigenvalue weighted by molar-refractivity contribution is 8.00. The lowest BCUT2D eigenvalue weighted by molar-refractivity contribution is -0.131. The zero-order chi connectivity index (χ0) is 10.6. The Morgan fingerprint density at radius 3 is 2.50 bits per heavy atom. The van der Waals surface area contributed by atoms with E-state index in [2.05, 4.69) is 5.32 Å². The van der Waals surface area contributed by atoms with Gasteiger partial charge in [-0.3, -0.25) is 4.79 Å². The van der Waals surface area contributed by atoms with Crippen LogP contribution < -0.4 is 5.32 Å². The Morgan fingerprint density at radius 2 is 2.07 bits per heavy atom. The minimum atomic E-state index is -2.89. The molecule has 1 aliphatic carbocycles. The summed E-state index contributed by atoms with van der Waals surface area (Å²) in [5.41, 5.74) is 0. The number of thioether (sulfide) groups is 1. The van der Waals surface area contributed by atoms with Crippen molar-refractivity contribution in [1.29, 1.82) is 0 Å². The number of carbonyl (C=O) groups excluding carboxylic acids is 1. The Morgan fingerprint density at radius 1 is 1.50 bits per heavy atom. The van der Waals surface area contributed by atoms with Gasteiger partial charge in [-0.1, -0.05) is 12.8 Å². The molecule has 2 nitrogen and oxygen atoms in total. The van der Waals surface area contributed by atoms with Crippen molar-refractivity contribution in [1.82, 2.24) is 5.32 Å². The Kier molecular flexibility index (Phi) is 4.16. The molecule has 0 aromatic rings. The van der Waals surface area contributed by atoms with Crippen molar-refractivity contribution in [3.63, 3.8) is 0 Å². The minimum absolute atomic E-state index is 0.00451. The third-order valence-electron chi connectivity index (χ3n) is 2.73. The molecule has 1 N–H and O–H groups in total. The van der Waals surface area contributed by atoms with Crippen molar-refractivity contribution >= 4 is 17.7 Å². The summed E-state index contributed by atoms with van der Waals surface area (Å²) in [4.78, 5) is 10.7. The smallest absolute Gasteiger partial charge is 0.315 e. The molecule has 0 heterocycles. The van der Waals surface area contributed by atoms with E-state index in [9.17, 15) is 13.6 Å². The summed E-state index contributed by atoms with van der Waals surface area (Å²) in [6.45, 7) is 0.372. The van der Waals surface area contributed by atoms with Gasteiger partial charge in [0.05, 0.1) is 0 Å². The van der Waals surface area contributed by atoms with E-state index in [0.29, 0.717) is 6.54 Å². The van der Waals surface area contributed by atoms with Crippen molar-refractivity contribution in [2.45, 2.75) is 36.9 Å². The molecule has 0 unspecified atom stereocenters. The normalized spacial score (nSPS) is 20.0. The summed E-state index contributed by atoms with van der Waals surface area (Å²) >= 11 is 1.67. The highest BCUT2D eigenvalue weighted by atomic mass is 32.2. The van der Waals surface area contributed by atoms with Crippen molar-refractivity contribution in [2.75, 3.05) is 12.8 Å². The quantitative estimate of drug-likeness (QED) is 0.790. The van der Waals surface area contributed by atoms with E-state index in [4.69, 9.17) is 0 Å². The maximum atomic E-state index is 11.9. The van der Waals surface area contributed by atoms with Crippen molar-refractivity contribution in [3.8, 4) is 0 Å². The minimum Gasteiger partial charge on any atom is -0.350 e. The van der Waals surface area contributed by atoms with Crippen LogP contribution in [0.4, 0.5) is 8.78 Å². The first kappa shape index (κ1) is 11.8. The molecule has 0 aliphatic heterocycles. The fraction of sp³-hybridized carbons (Fsp3) is 0.889. The summed E-state index contributed by atoms with van der Waals surface area (Å²) < 4.78 is 23.8. The van der Waals surface area contributed by atoms with Crippen LogP contribution in [-0.4, -0.2) is 29.9 Å². The van der Waals surface area contributed by atoms with Gasteiger partial charge in [0.2, 0.25) is 0 Å². The first-order valence-corrected chi connectivity index (χ1v) is 5.93. The maximum Gasteiger partial charge on any atom is 0.315 e. The molecule has 14 heavy (non-hydrogen) atoms. The van der Waals surface area contributed by atoms with Crippen LogP contribution in [0, 0.1) is 0 Å². The van der Waals surface area contributed by atoms with Gasteiger partial charge in [-0.05, 0) is 19.1 Å². The van der Waals surface area contributed by atoms with Crippen LogP contribution in [-0.2, 0) is 4.79 Å². The summed E-state index contributed by atoms with van der Waals surface area (Å²) in [6, 6.07) is 0. The molecule has 5 heteroatoms. The van der Waals surface area contributed by atoms with Gasteiger partial charge in [-0.25, -0.2) is 0 Å². The molecule has 0 spiro atoms. The highest BCUT2D eigenvalue weighted by Crippen LogP contribution is 2.39. The van der Waals surface area contributed by atoms with Crippen molar-refractivity contribution in [2.24, 2.45) is 0 Å². The van der Waals surface area contributed by atoms with Gasteiger partial charge in [0.1, 0.15) is 0 Å². The van der Waals surface area contributed by atoms with E-state index < -0.39 is 12.3 Å². The highest BCUT2D eigenvalue weighted by Gasteiger charge is 2.33. The predicted molar refractivity (Wildman–Crippen MR) is 53.7 cm³/mol. The number of halogens is 2. The standard InChI is InChI=1S/C9H15F2NOS/c1-14-9(4-2-3-5-9)6-12-8(13)7(10)11/h7H,2-6H2,1H3,(H,12,13). The third-order valence-corrected chi connectivity index (χ3v) is 4.15. The van der Waals surface area contributed by atoms with Gasteiger partial charge in [0.25, 0.3) is 5.91 Å². The molecule has 1 rings (SSSR count). The fourth-order valence-corrected chi connectivity index (χ4v) is 2.71. The molecule has 1 amide bonds. The van der Waals surface area contributed by atoms with Crippen LogP contribution in [0.3, 0.4) is 0 Å². The summed E-state index contributed by atoms with van der Waals surface area (Å²) in [7, 11) is 0. The Bertz CT molecular complexity index is 205. The number of hydrogen-bond donors (Lipinski definition) is 1. The van der Waals surface area contributed by atoms with Crippen LogP contribution >= 0.6 is 11.8 Å². The summed E-state index contributed by atoms with van der Waals surface area (Å²) in [5, 5.41) is 2.31. The third kappa shape index (κ3) is 2.83. The van der Waals surface area contributed by atoms with Crippen LogP contribution in [0.1, 0.15) is 25.7 Å². The van der Waals surface area contributed by atoms with Gasteiger partial charge in [-0.15, -0.1) is 0 Å². The molecule has 0 bridgehead atoms. The van der Waals surface area contributed by atoms with Gasteiger partial charge in [0.15, 0.2) is 0 Å². The monoisotopic (exact) mass is 223 g/mol. The van der Waals surface area contributed by atoms with E-state index in [1.165, 1.54) is 0 Å². The number of alkyl halides is 2. The van der Waals surface area contributed by atoms with Crippen molar-refractivity contribution < 1.29 is 13.6 Å². The maximum absolute atomic E-state index is 11.9. The van der Waals surface area contributed by atoms with Crippen LogP contribution in [0.2, 0.25) is 0 Å². The van der Waals surface area contributed by atoms with E-state index >= 15 is 0 Å². The largest absolute Gasteiger partial charge is 0.350 e. The van der Waals surface area contributed by atoms with E-state index in [-0.39, 0.29) is 4.75 Å².